The monoisotopic (exact) mass is 211 g/mol. The fraction of sp³-hybridized carbons (Fsp3) is 0.300. The molecule has 82 valence electrons. The zero-order valence-corrected chi connectivity index (χ0v) is 8.29. The van der Waals surface area contributed by atoms with Crippen molar-refractivity contribution in [1.82, 2.24) is 5.32 Å². The lowest BCUT2D eigenvalue weighted by Crippen LogP contribution is -2.30. The number of urea groups is 1. The number of amides is 2. The van der Waals surface area contributed by atoms with Crippen molar-refractivity contribution in [2.45, 2.75) is 6.42 Å². The molecule has 1 rings (SSSR count). The maximum Gasteiger partial charge on any atom is 0.319 e. The van der Waals surface area contributed by atoms with Gasteiger partial charge in [-0.1, -0.05) is 0 Å². The molecule has 0 aliphatic heterocycles. The third-order valence-electron chi connectivity index (χ3n) is 1.77. The number of carbonyl (C=O) groups excluding carboxylic acids is 1. The minimum atomic E-state index is -0.330. The summed E-state index contributed by atoms with van der Waals surface area (Å²) in [5.41, 5.74) is 5.83. The van der Waals surface area contributed by atoms with Crippen molar-refractivity contribution in [1.29, 1.82) is 0 Å². The second-order valence-corrected chi connectivity index (χ2v) is 3.03. The Morgan fingerprint density at radius 2 is 2.00 bits per heavy atom. The van der Waals surface area contributed by atoms with Crippen molar-refractivity contribution in [3.8, 4) is 0 Å². The number of halogens is 1. The SMILES string of the molecule is NCCCNC(=O)Nc1ccc(F)cc1. The molecule has 0 spiro atoms. The molecule has 0 heterocycles. The van der Waals surface area contributed by atoms with Gasteiger partial charge in [0.1, 0.15) is 5.82 Å². The molecule has 4 N–H and O–H groups in total. The van der Waals surface area contributed by atoms with Crippen molar-refractivity contribution in [3.05, 3.63) is 30.1 Å². The van der Waals surface area contributed by atoms with Crippen molar-refractivity contribution in [2.24, 2.45) is 5.73 Å². The Balaban J connectivity index is 2.34. The van der Waals surface area contributed by atoms with Gasteiger partial charge in [-0.3, -0.25) is 0 Å². The topological polar surface area (TPSA) is 67.1 Å². The summed E-state index contributed by atoms with van der Waals surface area (Å²) >= 11 is 0. The summed E-state index contributed by atoms with van der Waals surface area (Å²) in [6, 6.07) is 5.26. The first-order valence-electron chi connectivity index (χ1n) is 4.73. The molecule has 0 atom stereocenters. The summed E-state index contributed by atoms with van der Waals surface area (Å²) < 4.78 is 12.5. The zero-order chi connectivity index (χ0) is 11.1. The smallest absolute Gasteiger partial charge is 0.319 e. The molecule has 0 unspecified atom stereocenters. The minimum absolute atomic E-state index is 0.310. The number of nitrogens with one attached hydrogen (secondary N) is 2. The Labute approximate surface area is 87.7 Å². The molecule has 1 aromatic carbocycles. The molecule has 0 aliphatic carbocycles. The van der Waals surface area contributed by atoms with Crippen molar-refractivity contribution < 1.29 is 9.18 Å². The molecule has 0 aromatic heterocycles. The summed E-state index contributed by atoms with van der Waals surface area (Å²) in [5, 5.41) is 5.19. The van der Waals surface area contributed by atoms with E-state index in [2.05, 4.69) is 10.6 Å². The average Bonchev–Trinajstić information content (AvgIpc) is 2.22. The summed E-state index contributed by atoms with van der Waals surface area (Å²) in [7, 11) is 0. The van der Waals surface area contributed by atoms with Crippen LogP contribution in [0.2, 0.25) is 0 Å². The van der Waals surface area contributed by atoms with E-state index in [0.717, 1.165) is 6.42 Å². The third kappa shape index (κ3) is 4.42. The van der Waals surface area contributed by atoms with E-state index in [1.54, 1.807) is 0 Å². The number of hydrogen-bond donors (Lipinski definition) is 3. The summed E-state index contributed by atoms with van der Waals surface area (Å²) in [6.45, 7) is 1.07. The molecule has 15 heavy (non-hydrogen) atoms. The van der Waals surface area contributed by atoms with Crippen molar-refractivity contribution in [3.63, 3.8) is 0 Å². The quantitative estimate of drug-likeness (QED) is 0.657. The fourth-order valence-corrected chi connectivity index (χ4v) is 1.01. The van der Waals surface area contributed by atoms with Crippen molar-refractivity contribution in [2.75, 3.05) is 18.4 Å². The second kappa shape index (κ2) is 5.98. The number of nitrogens with two attached hydrogens (primary N) is 1. The van der Waals surface area contributed by atoms with Crippen LogP contribution in [0.15, 0.2) is 24.3 Å². The lowest BCUT2D eigenvalue weighted by Gasteiger charge is -2.06. The second-order valence-electron chi connectivity index (χ2n) is 3.03. The van der Waals surface area contributed by atoms with Gasteiger partial charge in [-0.2, -0.15) is 0 Å². The predicted octanol–water partition coefficient (Wildman–Crippen LogP) is 1.30. The molecule has 5 heteroatoms. The van der Waals surface area contributed by atoms with Crippen molar-refractivity contribution >= 4 is 11.7 Å². The molecule has 0 saturated carbocycles. The molecule has 2 amide bonds. The van der Waals surface area contributed by atoms with E-state index in [1.807, 2.05) is 0 Å². The van der Waals surface area contributed by atoms with Crippen LogP contribution in [-0.4, -0.2) is 19.1 Å². The van der Waals surface area contributed by atoms with Gasteiger partial charge in [0.05, 0.1) is 0 Å². The highest BCUT2D eigenvalue weighted by Crippen LogP contribution is 2.07. The Kier molecular flexibility index (Phi) is 4.56. The summed E-state index contributed by atoms with van der Waals surface area (Å²) in [6.07, 6.45) is 0.733. The minimum Gasteiger partial charge on any atom is -0.338 e. The Hall–Kier alpha value is -1.62. The van der Waals surface area contributed by atoms with Crippen LogP contribution >= 0.6 is 0 Å². The highest BCUT2D eigenvalue weighted by atomic mass is 19.1. The Morgan fingerprint density at radius 1 is 1.33 bits per heavy atom. The maximum atomic E-state index is 12.5. The molecule has 4 nitrogen and oxygen atoms in total. The first-order valence-corrected chi connectivity index (χ1v) is 4.73. The van der Waals surface area contributed by atoms with Crippen LogP contribution in [0.4, 0.5) is 14.9 Å². The predicted molar refractivity (Wildman–Crippen MR) is 57.1 cm³/mol. The van der Waals surface area contributed by atoms with Crippen LogP contribution in [0, 0.1) is 5.82 Å². The number of benzene rings is 1. The summed E-state index contributed by atoms with van der Waals surface area (Å²) in [4.78, 5) is 11.2. The van der Waals surface area contributed by atoms with Gasteiger partial charge in [0, 0.05) is 12.2 Å². The molecule has 1 aromatic rings. The lowest BCUT2D eigenvalue weighted by molar-refractivity contribution is 0.252. The number of carbonyl (C=O) groups is 1. The van der Waals surface area contributed by atoms with E-state index in [0.29, 0.717) is 18.8 Å². The summed E-state index contributed by atoms with van der Waals surface area (Å²) in [5.74, 6) is -0.330. The van der Waals surface area contributed by atoms with Gasteiger partial charge in [0.25, 0.3) is 0 Å². The molecular weight excluding hydrogens is 197 g/mol. The lowest BCUT2D eigenvalue weighted by atomic mass is 10.3. The number of rotatable bonds is 4. The van der Waals surface area contributed by atoms with E-state index in [1.165, 1.54) is 24.3 Å². The fourth-order valence-electron chi connectivity index (χ4n) is 1.01. The average molecular weight is 211 g/mol. The van der Waals surface area contributed by atoms with Gasteiger partial charge in [0.2, 0.25) is 0 Å². The van der Waals surface area contributed by atoms with E-state index in [-0.39, 0.29) is 11.8 Å². The molecule has 0 saturated heterocycles. The van der Waals surface area contributed by atoms with Gasteiger partial charge >= 0.3 is 6.03 Å². The highest BCUT2D eigenvalue weighted by Gasteiger charge is 1.99. The van der Waals surface area contributed by atoms with E-state index < -0.39 is 0 Å². The molecular formula is C10H14FN3O. The molecule has 0 aliphatic rings. The first-order chi connectivity index (χ1) is 7.22. The Bertz CT molecular complexity index is 313. The van der Waals surface area contributed by atoms with Crippen LogP contribution in [0.25, 0.3) is 0 Å². The molecule has 0 bridgehead atoms. The zero-order valence-electron chi connectivity index (χ0n) is 8.29. The highest BCUT2D eigenvalue weighted by molar-refractivity contribution is 5.89. The first kappa shape index (κ1) is 11.5. The van der Waals surface area contributed by atoms with Gasteiger partial charge in [-0.25, -0.2) is 9.18 Å². The van der Waals surface area contributed by atoms with Crippen LogP contribution in [-0.2, 0) is 0 Å². The third-order valence-corrected chi connectivity index (χ3v) is 1.77. The van der Waals surface area contributed by atoms with E-state index in [4.69, 9.17) is 5.73 Å². The van der Waals surface area contributed by atoms with Gasteiger partial charge < -0.3 is 16.4 Å². The van der Waals surface area contributed by atoms with Crippen LogP contribution < -0.4 is 16.4 Å². The van der Waals surface area contributed by atoms with E-state index in [9.17, 15) is 9.18 Å². The van der Waals surface area contributed by atoms with Crippen LogP contribution in [0.1, 0.15) is 6.42 Å². The number of hydrogen-bond acceptors (Lipinski definition) is 2. The van der Waals surface area contributed by atoms with Crippen LogP contribution in [0.3, 0.4) is 0 Å². The van der Waals surface area contributed by atoms with Gasteiger partial charge in [-0.15, -0.1) is 0 Å². The van der Waals surface area contributed by atoms with E-state index >= 15 is 0 Å². The molecule has 0 radical (unpaired) electrons. The normalized spacial score (nSPS) is 9.73. The molecule has 0 fully saturated rings. The van der Waals surface area contributed by atoms with Gasteiger partial charge in [-0.05, 0) is 37.2 Å². The number of anilines is 1. The Morgan fingerprint density at radius 3 is 2.60 bits per heavy atom. The largest absolute Gasteiger partial charge is 0.338 e. The standard InChI is InChI=1S/C10H14FN3O/c11-8-2-4-9(5-3-8)14-10(15)13-7-1-6-12/h2-5H,1,6-7,12H2,(H2,13,14,15). The van der Waals surface area contributed by atoms with Crippen LogP contribution in [0.5, 0.6) is 0 Å². The van der Waals surface area contributed by atoms with Gasteiger partial charge in [0.15, 0.2) is 0 Å². The maximum absolute atomic E-state index is 12.5.